The molecule has 136 valence electrons. The number of nitrogens with zero attached hydrogens (tertiary/aromatic N) is 2. The lowest BCUT2D eigenvalue weighted by Crippen LogP contribution is -2.43. The first-order valence-electron chi connectivity index (χ1n) is 8.77. The number of hydrogen-bond acceptors (Lipinski definition) is 4. The summed E-state index contributed by atoms with van der Waals surface area (Å²) < 4.78 is 24.7. The third-order valence-corrected chi connectivity index (χ3v) is 4.84. The van der Waals surface area contributed by atoms with Gasteiger partial charge in [0.1, 0.15) is 5.82 Å². The van der Waals surface area contributed by atoms with Crippen LogP contribution in [0.1, 0.15) is 32.3 Å². The van der Waals surface area contributed by atoms with E-state index in [9.17, 15) is 4.39 Å². The number of ether oxygens (including phenoxy) is 2. The van der Waals surface area contributed by atoms with E-state index in [-0.39, 0.29) is 5.82 Å². The van der Waals surface area contributed by atoms with E-state index in [0.29, 0.717) is 35.6 Å². The minimum Gasteiger partial charge on any atom is -0.493 e. The Labute approximate surface area is 145 Å². The van der Waals surface area contributed by atoms with Crippen LogP contribution in [0.3, 0.4) is 0 Å². The molecule has 0 unspecified atom stereocenters. The van der Waals surface area contributed by atoms with Crippen LogP contribution in [0, 0.1) is 11.7 Å². The molecule has 4 nitrogen and oxygen atoms in total. The molecule has 1 aliphatic rings. The highest BCUT2D eigenvalue weighted by Gasteiger charge is 2.23. The molecule has 0 radical (unpaired) electrons. The molecule has 0 saturated carbocycles. The van der Waals surface area contributed by atoms with Gasteiger partial charge in [0.2, 0.25) is 0 Å². The van der Waals surface area contributed by atoms with Gasteiger partial charge < -0.3 is 19.3 Å². The highest BCUT2D eigenvalue weighted by molar-refractivity contribution is 5.43. The Morgan fingerprint density at radius 3 is 2.54 bits per heavy atom. The maximum absolute atomic E-state index is 14.3. The first-order chi connectivity index (χ1) is 11.4. The fourth-order valence-electron chi connectivity index (χ4n) is 3.53. The molecular formula is C19H31FN2O2. The highest BCUT2D eigenvalue weighted by Crippen LogP contribution is 2.30. The summed E-state index contributed by atoms with van der Waals surface area (Å²) in [5, 5.41) is 0. The molecule has 1 heterocycles. The third kappa shape index (κ3) is 4.84. The summed E-state index contributed by atoms with van der Waals surface area (Å²) in [6.45, 7) is 8.40. The summed E-state index contributed by atoms with van der Waals surface area (Å²) in [7, 11) is 5.16. The van der Waals surface area contributed by atoms with Gasteiger partial charge in [-0.3, -0.25) is 0 Å². The lowest BCUT2D eigenvalue weighted by molar-refractivity contribution is 0.115. The summed E-state index contributed by atoms with van der Waals surface area (Å²) in [5.74, 6) is 1.41. The predicted octanol–water partition coefficient (Wildman–Crippen LogP) is 3.40. The van der Waals surface area contributed by atoms with Crippen LogP contribution in [-0.2, 0) is 6.54 Å². The molecule has 0 amide bonds. The number of halogens is 1. The molecule has 0 aromatic heterocycles. The zero-order valence-corrected chi connectivity index (χ0v) is 15.6. The van der Waals surface area contributed by atoms with Crippen LogP contribution in [0.15, 0.2) is 12.1 Å². The van der Waals surface area contributed by atoms with Crippen LogP contribution in [0.2, 0.25) is 0 Å². The van der Waals surface area contributed by atoms with Crippen molar-refractivity contribution in [2.75, 3.05) is 40.9 Å². The van der Waals surface area contributed by atoms with E-state index in [1.165, 1.54) is 32.6 Å². The maximum atomic E-state index is 14.3. The average molecular weight is 338 g/mol. The van der Waals surface area contributed by atoms with Crippen molar-refractivity contribution in [3.63, 3.8) is 0 Å². The second-order valence-corrected chi connectivity index (χ2v) is 7.09. The van der Waals surface area contributed by atoms with Crippen molar-refractivity contribution in [2.45, 2.75) is 39.3 Å². The van der Waals surface area contributed by atoms with Crippen LogP contribution in [0.4, 0.5) is 4.39 Å². The molecule has 0 N–H and O–H groups in total. The molecule has 0 bridgehead atoms. The van der Waals surface area contributed by atoms with E-state index in [0.717, 1.165) is 13.1 Å². The van der Waals surface area contributed by atoms with Crippen molar-refractivity contribution in [1.82, 2.24) is 9.80 Å². The number of benzene rings is 1. The van der Waals surface area contributed by atoms with E-state index < -0.39 is 0 Å². The lowest BCUT2D eigenvalue weighted by Gasteiger charge is -2.37. The summed E-state index contributed by atoms with van der Waals surface area (Å²) in [5.41, 5.74) is 0.645. The lowest BCUT2D eigenvalue weighted by atomic mass is 9.96. The van der Waals surface area contributed by atoms with Crippen molar-refractivity contribution < 1.29 is 13.9 Å². The Morgan fingerprint density at radius 2 is 1.92 bits per heavy atom. The molecule has 1 aromatic carbocycles. The van der Waals surface area contributed by atoms with Crippen LogP contribution >= 0.6 is 0 Å². The van der Waals surface area contributed by atoms with Crippen molar-refractivity contribution in [1.29, 1.82) is 0 Å². The van der Waals surface area contributed by atoms with Gasteiger partial charge in [-0.05, 0) is 52.3 Å². The fourth-order valence-corrected chi connectivity index (χ4v) is 3.53. The molecule has 5 heteroatoms. The van der Waals surface area contributed by atoms with Gasteiger partial charge in [0, 0.05) is 37.3 Å². The third-order valence-electron chi connectivity index (χ3n) is 4.84. The van der Waals surface area contributed by atoms with Crippen LogP contribution in [-0.4, -0.2) is 56.7 Å². The summed E-state index contributed by atoms with van der Waals surface area (Å²) in [4.78, 5) is 4.75. The molecule has 0 spiro atoms. The standard InChI is InChI=1S/C19H31FN2O2/c1-14(2)22-8-6-7-15(12-22)11-21(3)13-16-9-18(23-4)19(24-5)10-17(16)20/h9-10,14-15H,6-8,11-13H2,1-5H3/t15-/m1/s1. The van der Waals surface area contributed by atoms with Crippen molar-refractivity contribution in [2.24, 2.45) is 5.92 Å². The Kier molecular flexibility index (Phi) is 6.87. The number of rotatable bonds is 7. The van der Waals surface area contributed by atoms with Crippen molar-refractivity contribution in [3.8, 4) is 11.5 Å². The van der Waals surface area contributed by atoms with E-state index in [1.807, 2.05) is 0 Å². The molecular weight excluding hydrogens is 307 g/mol. The zero-order valence-electron chi connectivity index (χ0n) is 15.6. The van der Waals surface area contributed by atoms with Gasteiger partial charge in [0.05, 0.1) is 14.2 Å². The monoisotopic (exact) mass is 338 g/mol. The highest BCUT2D eigenvalue weighted by atomic mass is 19.1. The van der Waals surface area contributed by atoms with Gasteiger partial charge >= 0.3 is 0 Å². The van der Waals surface area contributed by atoms with Gasteiger partial charge in [-0.25, -0.2) is 4.39 Å². The molecule has 1 saturated heterocycles. The quantitative estimate of drug-likeness (QED) is 0.761. The fraction of sp³-hybridized carbons (Fsp3) is 0.684. The molecule has 2 rings (SSSR count). The minimum absolute atomic E-state index is 0.244. The van der Waals surface area contributed by atoms with Crippen LogP contribution in [0.5, 0.6) is 11.5 Å². The Morgan fingerprint density at radius 1 is 1.25 bits per heavy atom. The molecule has 1 atom stereocenters. The number of likely N-dealkylation sites (tertiary alicyclic amines) is 1. The van der Waals surface area contributed by atoms with E-state index in [4.69, 9.17) is 9.47 Å². The Balaban J connectivity index is 1.98. The average Bonchev–Trinajstić information content (AvgIpc) is 2.56. The Hall–Kier alpha value is -1.33. The predicted molar refractivity (Wildman–Crippen MR) is 95.3 cm³/mol. The van der Waals surface area contributed by atoms with Gasteiger partial charge in [-0.15, -0.1) is 0 Å². The second kappa shape index (κ2) is 8.67. The first-order valence-corrected chi connectivity index (χ1v) is 8.77. The number of methoxy groups -OCH3 is 2. The summed E-state index contributed by atoms with van der Waals surface area (Å²) >= 11 is 0. The first kappa shape index (κ1) is 19.0. The smallest absolute Gasteiger partial charge is 0.163 e. The number of hydrogen-bond donors (Lipinski definition) is 0. The van der Waals surface area contributed by atoms with E-state index >= 15 is 0 Å². The normalized spacial score (nSPS) is 19.1. The van der Waals surface area contributed by atoms with Gasteiger partial charge in [-0.2, -0.15) is 0 Å². The SMILES string of the molecule is COc1cc(F)c(CN(C)C[C@H]2CCCN(C(C)C)C2)cc1OC. The van der Waals surface area contributed by atoms with Crippen LogP contribution in [0.25, 0.3) is 0 Å². The van der Waals surface area contributed by atoms with E-state index in [1.54, 1.807) is 13.2 Å². The Bertz CT molecular complexity index is 536. The zero-order chi connectivity index (χ0) is 17.7. The minimum atomic E-state index is -0.244. The second-order valence-electron chi connectivity index (χ2n) is 7.09. The largest absolute Gasteiger partial charge is 0.493 e. The van der Waals surface area contributed by atoms with Gasteiger partial charge in [-0.1, -0.05) is 0 Å². The van der Waals surface area contributed by atoms with Gasteiger partial charge in [0.15, 0.2) is 11.5 Å². The molecule has 1 aromatic rings. The topological polar surface area (TPSA) is 24.9 Å². The van der Waals surface area contributed by atoms with Crippen LogP contribution < -0.4 is 9.47 Å². The van der Waals surface area contributed by atoms with Crippen molar-refractivity contribution in [3.05, 3.63) is 23.5 Å². The molecule has 0 aliphatic carbocycles. The summed E-state index contributed by atoms with van der Waals surface area (Å²) in [6, 6.07) is 3.75. The van der Waals surface area contributed by atoms with Crippen molar-refractivity contribution >= 4 is 0 Å². The molecule has 24 heavy (non-hydrogen) atoms. The van der Waals surface area contributed by atoms with E-state index in [2.05, 4.69) is 30.7 Å². The maximum Gasteiger partial charge on any atom is 0.163 e. The van der Waals surface area contributed by atoms with Gasteiger partial charge in [0.25, 0.3) is 0 Å². The number of piperidine rings is 1. The molecule has 1 aliphatic heterocycles. The summed E-state index contributed by atoms with van der Waals surface area (Å²) in [6.07, 6.45) is 2.50. The molecule has 1 fully saturated rings.